The van der Waals surface area contributed by atoms with E-state index in [1.54, 1.807) is 0 Å². The Morgan fingerprint density at radius 1 is 1.08 bits per heavy atom. The lowest BCUT2D eigenvalue weighted by molar-refractivity contribution is -0.205. The Balaban J connectivity index is 2.32. The third-order valence-corrected chi connectivity index (χ3v) is 5.83. The zero-order valence-electron chi connectivity index (χ0n) is 16.4. The fourth-order valence-corrected chi connectivity index (χ4v) is 4.13. The maximum atomic E-state index is 10.7. The Bertz CT molecular complexity index is 422. The number of allylic oxidation sites excluding steroid dienone is 2. The quantitative estimate of drug-likeness (QED) is 0.212. The Morgan fingerprint density at radius 3 is 2.42 bits per heavy atom. The molecule has 5 heteroatoms. The number of hydrogen-bond acceptors (Lipinski definition) is 4. The molecule has 1 fully saturated rings. The van der Waals surface area contributed by atoms with E-state index >= 15 is 0 Å². The van der Waals surface area contributed by atoms with Crippen LogP contribution < -0.4 is 5.73 Å². The highest BCUT2D eigenvalue weighted by Crippen LogP contribution is 2.40. The summed E-state index contributed by atoms with van der Waals surface area (Å²) in [4.78, 5) is 10.7. The maximum Gasteiger partial charge on any atom is 0.364 e. The molecular formula is C21H39NO4. The highest BCUT2D eigenvalue weighted by molar-refractivity contribution is 5.74. The van der Waals surface area contributed by atoms with Crippen LogP contribution in [0.3, 0.4) is 0 Å². The fourth-order valence-electron chi connectivity index (χ4n) is 4.13. The van der Waals surface area contributed by atoms with Gasteiger partial charge in [0.2, 0.25) is 0 Å². The molecule has 0 amide bonds. The number of hydrogen-bond donors (Lipinski definition) is 4. The summed E-state index contributed by atoms with van der Waals surface area (Å²) >= 11 is 0. The van der Waals surface area contributed by atoms with Crippen LogP contribution in [0.4, 0.5) is 0 Å². The predicted molar refractivity (Wildman–Crippen MR) is 105 cm³/mol. The second-order valence-electron chi connectivity index (χ2n) is 7.91. The molecule has 1 rings (SSSR count). The average molecular weight is 370 g/mol. The largest absolute Gasteiger partial charge is 0.477 e. The van der Waals surface area contributed by atoms with Crippen LogP contribution in [0.1, 0.15) is 84.0 Å². The van der Waals surface area contributed by atoms with Gasteiger partial charge in [-0.05, 0) is 62.8 Å². The summed E-state index contributed by atoms with van der Waals surface area (Å²) in [6.07, 6.45) is 16.8. The molecule has 0 saturated heterocycles. The van der Waals surface area contributed by atoms with Crippen molar-refractivity contribution < 1.29 is 20.1 Å². The molecular weight excluding hydrogens is 330 g/mol. The summed E-state index contributed by atoms with van der Waals surface area (Å²) in [6.45, 7) is 2.98. The third kappa shape index (κ3) is 8.19. The van der Waals surface area contributed by atoms with Crippen molar-refractivity contribution in [2.24, 2.45) is 23.5 Å². The molecule has 0 heterocycles. The minimum atomic E-state index is -2.58. The summed E-state index contributed by atoms with van der Waals surface area (Å²) in [5.41, 5.74) is 5.96. The van der Waals surface area contributed by atoms with E-state index in [1.807, 2.05) is 0 Å². The van der Waals surface area contributed by atoms with Gasteiger partial charge in [-0.25, -0.2) is 4.79 Å². The van der Waals surface area contributed by atoms with Gasteiger partial charge >= 0.3 is 5.97 Å². The molecule has 0 spiro atoms. The van der Waals surface area contributed by atoms with E-state index in [2.05, 4.69) is 19.1 Å². The van der Waals surface area contributed by atoms with Crippen LogP contribution in [0.5, 0.6) is 0 Å². The first-order valence-electron chi connectivity index (χ1n) is 10.5. The molecule has 5 nitrogen and oxygen atoms in total. The second-order valence-corrected chi connectivity index (χ2v) is 7.91. The molecule has 0 aromatic heterocycles. The molecule has 152 valence electrons. The lowest BCUT2D eigenvalue weighted by Gasteiger charge is -2.21. The normalized spacial score (nSPS) is 23.8. The van der Waals surface area contributed by atoms with Crippen LogP contribution in [0.25, 0.3) is 0 Å². The first-order chi connectivity index (χ1) is 12.4. The van der Waals surface area contributed by atoms with Gasteiger partial charge in [0.1, 0.15) is 0 Å². The van der Waals surface area contributed by atoms with Gasteiger partial charge in [-0.1, -0.05) is 51.2 Å². The molecule has 0 unspecified atom stereocenters. The molecule has 0 aromatic rings. The van der Waals surface area contributed by atoms with Crippen molar-refractivity contribution in [2.45, 2.75) is 89.8 Å². The number of carboxylic acids is 1. The number of carbonyl (C=O) groups is 1. The minimum Gasteiger partial charge on any atom is -0.477 e. The smallest absolute Gasteiger partial charge is 0.364 e. The number of nitrogens with two attached hydrogens (primary N) is 1. The van der Waals surface area contributed by atoms with Crippen molar-refractivity contribution in [2.75, 3.05) is 6.54 Å². The molecule has 1 saturated carbocycles. The topological polar surface area (TPSA) is 104 Å². The Kier molecular flexibility index (Phi) is 11.1. The van der Waals surface area contributed by atoms with Crippen LogP contribution in [-0.2, 0) is 4.79 Å². The summed E-state index contributed by atoms with van der Waals surface area (Å²) in [7, 11) is 0. The lowest BCUT2D eigenvalue weighted by Crippen LogP contribution is -2.37. The average Bonchev–Trinajstić information content (AvgIpc) is 2.99. The predicted octanol–water partition coefficient (Wildman–Crippen LogP) is 3.83. The SMILES string of the molecule is CCCCCCC=C[C@@H]1[C@H](CCCCCC(O)(O)C(=O)O)CC[C@H]1CN. The van der Waals surface area contributed by atoms with Gasteiger partial charge in [0.05, 0.1) is 0 Å². The second kappa shape index (κ2) is 12.5. The van der Waals surface area contributed by atoms with E-state index in [-0.39, 0.29) is 6.42 Å². The first kappa shape index (κ1) is 23.1. The van der Waals surface area contributed by atoms with Crippen molar-refractivity contribution in [1.29, 1.82) is 0 Å². The number of unbranched alkanes of at least 4 members (excludes halogenated alkanes) is 6. The van der Waals surface area contributed by atoms with Gasteiger partial charge < -0.3 is 21.1 Å². The molecule has 0 aromatic carbocycles. The van der Waals surface area contributed by atoms with Crippen LogP contribution in [-0.4, -0.2) is 33.6 Å². The van der Waals surface area contributed by atoms with Gasteiger partial charge in [-0.2, -0.15) is 0 Å². The van der Waals surface area contributed by atoms with Crippen LogP contribution in [0.2, 0.25) is 0 Å². The molecule has 0 radical (unpaired) electrons. The standard InChI is InChI=1S/C21H39NO4/c1-2-3-4-5-6-9-12-19-17(13-14-18(19)16-22)11-8-7-10-15-21(25,26)20(23)24/h9,12,17-19,25-26H,2-8,10-11,13-16,22H2,1H3,(H,23,24)/t17-,18+,19-/m1/s1. The molecule has 5 N–H and O–H groups in total. The summed E-state index contributed by atoms with van der Waals surface area (Å²) < 4.78 is 0. The fraction of sp³-hybridized carbons (Fsp3) is 0.857. The van der Waals surface area contributed by atoms with Gasteiger partial charge in [0, 0.05) is 6.42 Å². The summed E-state index contributed by atoms with van der Waals surface area (Å²) in [5, 5.41) is 27.3. The van der Waals surface area contributed by atoms with E-state index in [9.17, 15) is 15.0 Å². The highest BCUT2D eigenvalue weighted by atomic mass is 16.5. The number of rotatable bonds is 14. The van der Waals surface area contributed by atoms with Gasteiger partial charge in [-0.15, -0.1) is 0 Å². The molecule has 1 aliphatic carbocycles. The zero-order valence-corrected chi connectivity index (χ0v) is 16.4. The van der Waals surface area contributed by atoms with Crippen LogP contribution >= 0.6 is 0 Å². The Labute approximate surface area is 158 Å². The Morgan fingerprint density at radius 2 is 1.77 bits per heavy atom. The number of aliphatic hydroxyl groups is 2. The first-order valence-corrected chi connectivity index (χ1v) is 10.5. The van der Waals surface area contributed by atoms with Crippen molar-refractivity contribution in [3.8, 4) is 0 Å². The van der Waals surface area contributed by atoms with Crippen molar-refractivity contribution in [3.05, 3.63) is 12.2 Å². The van der Waals surface area contributed by atoms with Crippen molar-refractivity contribution in [1.82, 2.24) is 0 Å². The Hall–Kier alpha value is -0.910. The molecule has 0 aliphatic heterocycles. The van der Waals surface area contributed by atoms with Crippen LogP contribution in [0.15, 0.2) is 12.2 Å². The van der Waals surface area contributed by atoms with E-state index in [0.717, 1.165) is 32.2 Å². The summed E-state index contributed by atoms with van der Waals surface area (Å²) in [6, 6.07) is 0. The third-order valence-electron chi connectivity index (χ3n) is 5.83. The highest BCUT2D eigenvalue weighted by Gasteiger charge is 2.33. The molecule has 1 aliphatic rings. The lowest BCUT2D eigenvalue weighted by atomic mass is 9.85. The molecule has 0 bridgehead atoms. The number of aliphatic carboxylic acids is 1. The van der Waals surface area contributed by atoms with Gasteiger partial charge in [-0.3, -0.25) is 0 Å². The molecule has 26 heavy (non-hydrogen) atoms. The monoisotopic (exact) mass is 369 g/mol. The van der Waals surface area contributed by atoms with E-state index in [1.165, 1.54) is 38.5 Å². The van der Waals surface area contributed by atoms with E-state index < -0.39 is 11.8 Å². The minimum absolute atomic E-state index is 0.112. The number of carboxylic acid groups (broad SMARTS) is 1. The maximum absolute atomic E-state index is 10.7. The van der Waals surface area contributed by atoms with Gasteiger partial charge in [0.15, 0.2) is 0 Å². The zero-order chi connectivity index (χ0) is 19.4. The summed E-state index contributed by atoms with van der Waals surface area (Å²) in [5.74, 6) is -2.34. The van der Waals surface area contributed by atoms with Crippen molar-refractivity contribution in [3.63, 3.8) is 0 Å². The van der Waals surface area contributed by atoms with E-state index in [0.29, 0.717) is 24.2 Å². The molecule has 3 atom stereocenters. The van der Waals surface area contributed by atoms with Gasteiger partial charge in [0.25, 0.3) is 5.79 Å². The van der Waals surface area contributed by atoms with Crippen molar-refractivity contribution >= 4 is 5.97 Å². The van der Waals surface area contributed by atoms with E-state index in [4.69, 9.17) is 10.8 Å². The van der Waals surface area contributed by atoms with Crippen LogP contribution in [0, 0.1) is 17.8 Å².